The molecule has 0 bridgehead atoms. The molecular formula is C19H15FN2O4. The molecule has 0 radical (unpaired) electrons. The Balaban J connectivity index is 1.59. The van der Waals surface area contributed by atoms with Crippen LogP contribution in [0.4, 0.5) is 4.39 Å². The molecule has 26 heavy (non-hydrogen) atoms. The number of benzene rings is 1. The molecule has 3 unspecified atom stereocenters. The van der Waals surface area contributed by atoms with Crippen molar-refractivity contribution >= 4 is 11.7 Å². The number of fused-ring (bicyclic) bond motifs is 4. The van der Waals surface area contributed by atoms with Crippen molar-refractivity contribution in [2.75, 3.05) is 6.79 Å². The van der Waals surface area contributed by atoms with Gasteiger partial charge in [0.2, 0.25) is 6.79 Å². The highest BCUT2D eigenvalue weighted by atomic mass is 19.1. The predicted molar refractivity (Wildman–Crippen MR) is 90.6 cm³/mol. The summed E-state index contributed by atoms with van der Waals surface area (Å²) in [6, 6.07) is 5.22. The number of halogens is 1. The number of carboxylic acid groups (broad SMARTS) is 1. The van der Waals surface area contributed by atoms with Crippen LogP contribution in [0.25, 0.3) is 0 Å². The Morgan fingerprint density at radius 2 is 2.12 bits per heavy atom. The lowest BCUT2D eigenvalue weighted by Gasteiger charge is -2.26. The van der Waals surface area contributed by atoms with Gasteiger partial charge in [0, 0.05) is 29.5 Å². The lowest BCUT2D eigenvalue weighted by molar-refractivity contribution is -0.132. The molecule has 3 heterocycles. The highest BCUT2D eigenvalue weighted by molar-refractivity contribution is 6.09. The van der Waals surface area contributed by atoms with E-state index in [1.807, 2.05) is 6.07 Å². The lowest BCUT2D eigenvalue weighted by atomic mass is 9.80. The van der Waals surface area contributed by atoms with Gasteiger partial charge in [-0.3, -0.25) is 0 Å². The molecule has 0 spiro atoms. The van der Waals surface area contributed by atoms with Crippen molar-refractivity contribution < 1.29 is 23.8 Å². The molecule has 3 atom stereocenters. The van der Waals surface area contributed by atoms with Gasteiger partial charge < -0.3 is 19.9 Å². The standard InChI is InChI=1S/C19H15FN2O4/c20-10-2-3-13-11(6-10)12-7-14(19(23)24)22-17(18(12)21-13)9-1-4-15-16(5-9)26-8-25-15/h1-5,7,11-12,18,21H,6,8H2,(H,23,24). The Labute approximate surface area is 148 Å². The zero-order valence-electron chi connectivity index (χ0n) is 13.6. The first-order valence-corrected chi connectivity index (χ1v) is 8.36. The minimum Gasteiger partial charge on any atom is -0.477 e. The van der Waals surface area contributed by atoms with Crippen molar-refractivity contribution in [2.24, 2.45) is 16.8 Å². The van der Waals surface area contributed by atoms with Crippen LogP contribution in [-0.2, 0) is 4.79 Å². The van der Waals surface area contributed by atoms with Gasteiger partial charge in [0.25, 0.3) is 0 Å². The number of carboxylic acids is 1. The fourth-order valence-electron chi connectivity index (χ4n) is 4.00. The molecule has 0 aromatic heterocycles. The summed E-state index contributed by atoms with van der Waals surface area (Å²) in [6.07, 6.45) is 5.08. The Kier molecular flexibility index (Phi) is 3.19. The summed E-state index contributed by atoms with van der Waals surface area (Å²) >= 11 is 0. The summed E-state index contributed by atoms with van der Waals surface area (Å²) in [5.41, 5.74) is 2.27. The normalized spacial score (nSPS) is 28.1. The SMILES string of the molecule is O=C(O)C1=CC2C3CC(F)=CC=C3NC2C(c2ccc3c(c2)OCO3)=N1. The Morgan fingerprint density at radius 3 is 2.96 bits per heavy atom. The summed E-state index contributed by atoms with van der Waals surface area (Å²) in [6.45, 7) is 0.162. The molecule has 6 nitrogen and oxygen atoms in total. The Morgan fingerprint density at radius 1 is 1.27 bits per heavy atom. The predicted octanol–water partition coefficient (Wildman–Crippen LogP) is 2.53. The van der Waals surface area contributed by atoms with E-state index in [2.05, 4.69) is 10.3 Å². The molecule has 3 aliphatic heterocycles. The first kappa shape index (κ1) is 15.2. The largest absolute Gasteiger partial charge is 0.477 e. The van der Waals surface area contributed by atoms with E-state index >= 15 is 0 Å². The molecular weight excluding hydrogens is 339 g/mol. The van der Waals surface area contributed by atoms with Gasteiger partial charge in [-0.2, -0.15) is 0 Å². The van der Waals surface area contributed by atoms with Crippen molar-refractivity contribution in [3.63, 3.8) is 0 Å². The Hall–Kier alpha value is -3.09. The van der Waals surface area contributed by atoms with Gasteiger partial charge in [0.1, 0.15) is 11.5 Å². The zero-order valence-corrected chi connectivity index (χ0v) is 13.6. The number of nitrogens with zero attached hydrogens (tertiary/aromatic N) is 1. The van der Waals surface area contributed by atoms with Crippen molar-refractivity contribution in [3.05, 3.63) is 59.2 Å². The summed E-state index contributed by atoms with van der Waals surface area (Å²) in [7, 11) is 0. The van der Waals surface area contributed by atoms with Gasteiger partial charge in [-0.25, -0.2) is 14.2 Å². The van der Waals surface area contributed by atoms with E-state index in [-0.39, 0.29) is 42.6 Å². The fraction of sp³-hybridized carbons (Fsp3) is 0.263. The van der Waals surface area contributed by atoms with Crippen LogP contribution < -0.4 is 14.8 Å². The van der Waals surface area contributed by atoms with Gasteiger partial charge in [-0.15, -0.1) is 0 Å². The van der Waals surface area contributed by atoms with Crippen molar-refractivity contribution in [1.82, 2.24) is 5.32 Å². The molecule has 1 aromatic carbocycles. The third kappa shape index (κ3) is 2.23. The van der Waals surface area contributed by atoms with Crippen molar-refractivity contribution in [2.45, 2.75) is 12.5 Å². The van der Waals surface area contributed by atoms with Crippen LogP contribution in [0, 0.1) is 11.8 Å². The smallest absolute Gasteiger partial charge is 0.354 e. The number of hydrogen-bond acceptors (Lipinski definition) is 5. The first-order chi connectivity index (χ1) is 12.6. The van der Waals surface area contributed by atoms with E-state index in [0.717, 1.165) is 11.3 Å². The number of carbonyl (C=O) groups is 1. The van der Waals surface area contributed by atoms with Crippen molar-refractivity contribution in [1.29, 1.82) is 0 Å². The lowest BCUT2D eigenvalue weighted by Crippen LogP contribution is -2.38. The van der Waals surface area contributed by atoms with Crippen LogP contribution >= 0.6 is 0 Å². The van der Waals surface area contributed by atoms with Crippen LogP contribution in [0.2, 0.25) is 0 Å². The minimum absolute atomic E-state index is 0.0167. The number of aliphatic imine (C=N–C) groups is 1. The van der Waals surface area contributed by atoms with Gasteiger partial charge >= 0.3 is 5.97 Å². The quantitative estimate of drug-likeness (QED) is 0.853. The van der Waals surface area contributed by atoms with Crippen molar-refractivity contribution in [3.8, 4) is 11.5 Å². The minimum atomic E-state index is -1.09. The topological polar surface area (TPSA) is 80.2 Å². The van der Waals surface area contributed by atoms with Gasteiger partial charge in [-0.1, -0.05) is 0 Å². The van der Waals surface area contributed by atoms with E-state index in [4.69, 9.17) is 9.47 Å². The molecule has 1 saturated heterocycles. The maximum absolute atomic E-state index is 13.8. The fourth-order valence-corrected chi connectivity index (χ4v) is 4.00. The summed E-state index contributed by atoms with van der Waals surface area (Å²) in [4.78, 5) is 16.0. The molecule has 0 amide bonds. The number of rotatable bonds is 2. The highest BCUT2D eigenvalue weighted by Crippen LogP contribution is 2.43. The Bertz CT molecular complexity index is 947. The number of aliphatic carboxylic acids is 1. The molecule has 0 saturated carbocycles. The molecule has 132 valence electrons. The molecule has 7 heteroatoms. The second kappa shape index (κ2) is 5.45. The van der Waals surface area contributed by atoms with Gasteiger partial charge in [0.15, 0.2) is 11.5 Å². The summed E-state index contributed by atoms with van der Waals surface area (Å²) < 4.78 is 24.6. The third-order valence-electron chi connectivity index (χ3n) is 5.20. The number of hydrogen-bond donors (Lipinski definition) is 2. The van der Waals surface area contributed by atoms with Gasteiger partial charge in [0.05, 0.1) is 11.8 Å². The molecule has 1 aliphatic carbocycles. The zero-order chi connectivity index (χ0) is 17.8. The molecule has 2 N–H and O–H groups in total. The summed E-state index contributed by atoms with van der Waals surface area (Å²) in [5.74, 6) is -0.318. The van der Waals surface area contributed by atoms with Crippen LogP contribution in [0.3, 0.4) is 0 Å². The van der Waals surface area contributed by atoms with E-state index in [0.29, 0.717) is 17.2 Å². The second-order valence-corrected chi connectivity index (χ2v) is 6.67. The average Bonchev–Trinajstić information content (AvgIpc) is 3.24. The van der Waals surface area contributed by atoms with E-state index in [1.165, 1.54) is 6.08 Å². The number of nitrogens with one attached hydrogen (secondary N) is 1. The maximum atomic E-state index is 13.8. The molecule has 5 rings (SSSR count). The summed E-state index contributed by atoms with van der Waals surface area (Å²) in [5, 5.41) is 12.9. The molecule has 1 aromatic rings. The van der Waals surface area contributed by atoms with E-state index in [9.17, 15) is 14.3 Å². The monoisotopic (exact) mass is 354 g/mol. The highest BCUT2D eigenvalue weighted by Gasteiger charge is 2.45. The van der Waals surface area contributed by atoms with Crippen LogP contribution in [0.1, 0.15) is 12.0 Å². The van der Waals surface area contributed by atoms with E-state index in [1.54, 1.807) is 24.3 Å². The van der Waals surface area contributed by atoms with Crippen LogP contribution in [-0.4, -0.2) is 29.6 Å². The van der Waals surface area contributed by atoms with Crippen LogP contribution in [0.5, 0.6) is 11.5 Å². The van der Waals surface area contributed by atoms with Crippen LogP contribution in [0.15, 0.2) is 58.6 Å². The second-order valence-electron chi connectivity index (χ2n) is 6.67. The van der Waals surface area contributed by atoms with E-state index < -0.39 is 5.97 Å². The first-order valence-electron chi connectivity index (χ1n) is 8.36. The third-order valence-corrected chi connectivity index (χ3v) is 5.20. The van der Waals surface area contributed by atoms with Gasteiger partial charge in [-0.05, 0) is 36.4 Å². The maximum Gasteiger partial charge on any atom is 0.354 e. The average molecular weight is 354 g/mol. The number of ether oxygens (including phenoxy) is 2. The molecule has 4 aliphatic rings. The number of allylic oxidation sites excluding steroid dienone is 4. The molecule has 1 fully saturated rings.